The molecular weight excluding hydrogens is 290 g/mol. The number of anilines is 2. The average molecular weight is 307 g/mol. The Balaban J connectivity index is 2.57. The standard InChI is InChI=1S/C14H17N3O3S/c1-10-8-13(20-3)14(9-12(10)15)21(18,19)17(2)11-4-6-16-7-5-11/h4-9H,15H2,1-3H3. The van der Waals surface area contributed by atoms with Crippen molar-refractivity contribution in [2.45, 2.75) is 11.8 Å². The summed E-state index contributed by atoms with van der Waals surface area (Å²) in [6.45, 7) is 1.79. The van der Waals surface area contributed by atoms with Crippen LogP contribution in [0.15, 0.2) is 41.6 Å². The van der Waals surface area contributed by atoms with Gasteiger partial charge in [0.1, 0.15) is 10.6 Å². The Morgan fingerprint density at radius 3 is 2.43 bits per heavy atom. The van der Waals surface area contributed by atoms with Crippen LogP contribution in [-0.2, 0) is 10.0 Å². The van der Waals surface area contributed by atoms with Crippen LogP contribution in [0.4, 0.5) is 11.4 Å². The van der Waals surface area contributed by atoms with Gasteiger partial charge < -0.3 is 10.5 Å². The first kappa shape index (κ1) is 15.1. The number of nitrogen functional groups attached to an aromatic ring is 1. The highest BCUT2D eigenvalue weighted by molar-refractivity contribution is 7.93. The first-order chi connectivity index (χ1) is 9.87. The summed E-state index contributed by atoms with van der Waals surface area (Å²) in [4.78, 5) is 3.91. The van der Waals surface area contributed by atoms with Gasteiger partial charge in [0.05, 0.1) is 12.8 Å². The first-order valence-corrected chi connectivity index (χ1v) is 7.65. The van der Waals surface area contributed by atoms with Gasteiger partial charge in [-0.15, -0.1) is 0 Å². The summed E-state index contributed by atoms with van der Waals surface area (Å²) in [5, 5.41) is 0. The van der Waals surface area contributed by atoms with E-state index in [1.54, 1.807) is 25.1 Å². The molecule has 0 spiro atoms. The molecule has 21 heavy (non-hydrogen) atoms. The zero-order valence-electron chi connectivity index (χ0n) is 12.1. The molecule has 0 amide bonds. The zero-order chi connectivity index (χ0) is 15.6. The number of hydrogen-bond acceptors (Lipinski definition) is 5. The molecule has 0 radical (unpaired) electrons. The molecule has 7 heteroatoms. The third-order valence-corrected chi connectivity index (χ3v) is 5.02. The Morgan fingerprint density at radius 2 is 1.86 bits per heavy atom. The van der Waals surface area contributed by atoms with E-state index in [0.29, 0.717) is 11.4 Å². The lowest BCUT2D eigenvalue weighted by Crippen LogP contribution is -2.27. The van der Waals surface area contributed by atoms with E-state index >= 15 is 0 Å². The van der Waals surface area contributed by atoms with E-state index in [0.717, 1.165) is 5.56 Å². The Kier molecular flexibility index (Phi) is 4.04. The molecule has 0 aliphatic heterocycles. The quantitative estimate of drug-likeness (QED) is 0.871. The molecule has 1 heterocycles. The van der Waals surface area contributed by atoms with Crippen LogP contribution in [0, 0.1) is 6.92 Å². The van der Waals surface area contributed by atoms with Crippen molar-refractivity contribution in [3.05, 3.63) is 42.2 Å². The molecule has 0 fully saturated rings. The number of aromatic nitrogens is 1. The van der Waals surface area contributed by atoms with Gasteiger partial charge in [-0.1, -0.05) is 0 Å². The summed E-state index contributed by atoms with van der Waals surface area (Å²) in [7, 11) is -0.874. The van der Waals surface area contributed by atoms with Crippen molar-refractivity contribution < 1.29 is 13.2 Å². The third kappa shape index (κ3) is 2.78. The van der Waals surface area contributed by atoms with Crippen LogP contribution >= 0.6 is 0 Å². The fourth-order valence-corrected chi connectivity index (χ4v) is 3.25. The lowest BCUT2D eigenvalue weighted by Gasteiger charge is -2.21. The molecule has 0 aliphatic rings. The number of pyridine rings is 1. The van der Waals surface area contributed by atoms with E-state index in [2.05, 4.69) is 4.98 Å². The highest BCUT2D eigenvalue weighted by Gasteiger charge is 2.26. The van der Waals surface area contributed by atoms with Gasteiger partial charge in [0.25, 0.3) is 10.0 Å². The maximum atomic E-state index is 12.7. The van der Waals surface area contributed by atoms with Gasteiger partial charge in [-0.25, -0.2) is 8.42 Å². The van der Waals surface area contributed by atoms with Crippen molar-refractivity contribution in [1.82, 2.24) is 4.98 Å². The van der Waals surface area contributed by atoms with Crippen molar-refractivity contribution in [2.75, 3.05) is 24.2 Å². The minimum Gasteiger partial charge on any atom is -0.495 e. The van der Waals surface area contributed by atoms with Gasteiger partial charge in [0, 0.05) is 25.1 Å². The highest BCUT2D eigenvalue weighted by atomic mass is 32.2. The Morgan fingerprint density at radius 1 is 1.24 bits per heavy atom. The molecule has 0 aliphatic carbocycles. The monoisotopic (exact) mass is 307 g/mol. The summed E-state index contributed by atoms with van der Waals surface area (Å²) in [5.74, 6) is 0.266. The van der Waals surface area contributed by atoms with Crippen LogP contribution in [0.25, 0.3) is 0 Å². The second kappa shape index (κ2) is 5.61. The van der Waals surface area contributed by atoms with Crippen molar-refractivity contribution in [3.8, 4) is 5.75 Å². The summed E-state index contributed by atoms with van der Waals surface area (Å²) in [6.07, 6.45) is 3.06. The maximum Gasteiger partial charge on any atom is 0.267 e. The van der Waals surface area contributed by atoms with E-state index < -0.39 is 10.0 Å². The van der Waals surface area contributed by atoms with Crippen molar-refractivity contribution in [1.29, 1.82) is 0 Å². The number of benzene rings is 1. The molecule has 112 valence electrons. The minimum absolute atomic E-state index is 0.0346. The molecular formula is C14H17N3O3S. The highest BCUT2D eigenvalue weighted by Crippen LogP contribution is 2.32. The lowest BCUT2D eigenvalue weighted by atomic mass is 10.2. The Labute approximate surface area is 124 Å². The molecule has 0 saturated carbocycles. The number of hydrogen-bond donors (Lipinski definition) is 1. The Bertz CT molecular complexity index is 746. The molecule has 6 nitrogen and oxygen atoms in total. The number of sulfonamides is 1. The maximum absolute atomic E-state index is 12.7. The van der Waals surface area contributed by atoms with Crippen molar-refractivity contribution in [2.24, 2.45) is 0 Å². The molecule has 2 rings (SSSR count). The summed E-state index contributed by atoms with van der Waals surface area (Å²) >= 11 is 0. The molecule has 2 aromatic rings. The molecule has 0 saturated heterocycles. The summed E-state index contributed by atoms with van der Waals surface area (Å²) in [5.41, 5.74) is 7.50. The van der Waals surface area contributed by atoms with Crippen molar-refractivity contribution >= 4 is 21.4 Å². The van der Waals surface area contributed by atoms with Crippen molar-refractivity contribution in [3.63, 3.8) is 0 Å². The van der Waals surface area contributed by atoms with Crippen LogP contribution in [0.2, 0.25) is 0 Å². The predicted molar refractivity (Wildman–Crippen MR) is 82.0 cm³/mol. The topological polar surface area (TPSA) is 85.5 Å². The van der Waals surface area contributed by atoms with E-state index in [9.17, 15) is 8.42 Å². The predicted octanol–water partition coefficient (Wildman–Crippen LogP) is 1.81. The molecule has 0 unspecified atom stereocenters. The van der Waals surface area contributed by atoms with Crippen LogP contribution < -0.4 is 14.8 Å². The molecule has 0 bridgehead atoms. The molecule has 1 aromatic heterocycles. The number of nitrogens with two attached hydrogens (primary N) is 1. The fourth-order valence-electron chi connectivity index (χ4n) is 1.88. The smallest absolute Gasteiger partial charge is 0.267 e. The van der Waals surface area contributed by atoms with E-state index in [-0.39, 0.29) is 10.6 Å². The van der Waals surface area contributed by atoms with Crippen LogP contribution in [0.3, 0.4) is 0 Å². The normalized spacial score (nSPS) is 11.2. The van der Waals surface area contributed by atoms with Gasteiger partial charge in [0.15, 0.2) is 0 Å². The van der Waals surface area contributed by atoms with E-state index in [1.807, 2.05) is 0 Å². The number of aryl methyl sites for hydroxylation is 1. The SMILES string of the molecule is COc1cc(C)c(N)cc1S(=O)(=O)N(C)c1ccncc1. The van der Waals surface area contributed by atoms with E-state index in [4.69, 9.17) is 10.5 Å². The minimum atomic E-state index is -3.77. The second-order valence-electron chi connectivity index (χ2n) is 4.54. The molecule has 1 aromatic carbocycles. The fraction of sp³-hybridized carbons (Fsp3) is 0.214. The van der Waals surface area contributed by atoms with Crippen LogP contribution in [0.1, 0.15) is 5.56 Å². The zero-order valence-corrected chi connectivity index (χ0v) is 12.9. The van der Waals surface area contributed by atoms with E-state index in [1.165, 1.54) is 36.9 Å². The number of rotatable bonds is 4. The number of methoxy groups -OCH3 is 1. The average Bonchev–Trinajstić information content (AvgIpc) is 2.49. The number of ether oxygens (including phenoxy) is 1. The molecule has 0 atom stereocenters. The van der Waals surface area contributed by atoms with Gasteiger partial charge in [-0.3, -0.25) is 9.29 Å². The van der Waals surface area contributed by atoms with Crippen LogP contribution in [-0.4, -0.2) is 27.6 Å². The van der Waals surface area contributed by atoms with Gasteiger partial charge >= 0.3 is 0 Å². The van der Waals surface area contributed by atoms with Gasteiger partial charge in [-0.05, 0) is 36.8 Å². The second-order valence-corrected chi connectivity index (χ2v) is 6.48. The lowest BCUT2D eigenvalue weighted by molar-refractivity contribution is 0.402. The largest absolute Gasteiger partial charge is 0.495 e. The first-order valence-electron chi connectivity index (χ1n) is 6.21. The third-order valence-electron chi connectivity index (χ3n) is 3.22. The van der Waals surface area contributed by atoms with Crippen LogP contribution in [0.5, 0.6) is 5.75 Å². The Hall–Kier alpha value is -2.28. The van der Waals surface area contributed by atoms with Gasteiger partial charge in [0.2, 0.25) is 0 Å². The van der Waals surface area contributed by atoms with Gasteiger partial charge in [-0.2, -0.15) is 0 Å². The molecule has 2 N–H and O–H groups in total. The summed E-state index contributed by atoms with van der Waals surface area (Å²) < 4.78 is 31.8. The summed E-state index contributed by atoms with van der Waals surface area (Å²) in [6, 6.07) is 6.26. The number of nitrogens with zero attached hydrogens (tertiary/aromatic N) is 2.